The zero-order valence-corrected chi connectivity index (χ0v) is 13.4. The Hall–Kier alpha value is -1.60. The highest BCUT2D eigenvalue weighted by Gasteiger charge is 2.20. The first-order chi connectivity index (χ1) is 9.63. The van der Waals surface area contributed by atoms with Gasteiger partial charge in [0, 0.05) is 11.6 Å². The predicted octanol–water partition coefficient (Wildman–Crippen LogP) is 1.47. The van der Waals surface area contributed by atoms with Gasteiger partial charge in [-0.15, -0.1) is 0 Å². The van der Waals surface area contributed by atoms with E-state index in [0.29, 0.717) is 5.92 Å². The van der Waals surface area contributed by atoms with Crippen LogP contribution in [0.25, 0.3) is 0 Å². The number of primary amides is 1. The molecule has 0 aliphatic rings. The van der Waals surface area contributed by atoms with Crippen molar-refractivity contribution in [2.45, 2.75) is 44.6 Å². The van der Waals surface area contributed by atoms with Crippen LogP contribution in [0.5, 0.6) is 0 Å². The number of nitrogens with two attached hydrogens (primary N) is 2. The number of amides is 1. The van der Waals surface area contributed by atoms with Crippen LogP contribution in [0, 0.1) is 5.92 Å². The highest BCUT2D eigenvalue weighted by atomic mass is 32.2. The number of anilines is 1. The zero-order valence-electron chi connectivity index (χ0n) is 12.6. The minimum atomic E-state index is -3.71. The third kappa shape index (κ3) is 5.02. The van der Waals surface area contributed by atoms with Crippen molar-refractivity contribution in [3.63, 3.8) is 0 Å². The van der Waals surface area contributed by atoms with Crippen LogP contribution in [0.4, 0.5) is 5.69 Å². The van der Waals surface area contributed by atoms with Gasteiger partial charge in [0.2, 0.25) is 15.9 Å². The molecule has 0 spiro atoms. The number of carbonyl (C=O) groups excluding carboxylic acids is 1. The molecule has 1 amide bonds. The number of rotatable bonds is 7. The normalized spacial score (nSPS) is 13.3. The van der Waals surface area contributed by atoms with Crippen molar-refractivity contribution < 1.29 is 13.2 Å². The van der Waals surface area contributed by atoms with Crippen molar-refractivity contribution in [1.29, 1.82) is 0 Å². The van der Waals surface area contributed by atoms with Crippen molar-refractivity contribution in [3.05, 3.63) is 23.8 Å². The topological polar surface area (TPSA) is 115 Å². The van der Waals surface area contributed by atoms with Crippen LogP contribution >= 0.6 is 0 Å². The summed E-state index contributed by atoms with van der Waals surface area (Å²) in [6.45, 7) is 5.98. The van der Waals surface area contributed by atoms with Gasteiger partial charge in [-0.25, -0.2) is 13.1 Å². The summed E-state index contributed by atoms with van der Waals surface area (Å²) >= 11 is 0. The second kappa shape index (κ2) is 6.91. The molecule has 5 N–H and O–H groups in total. The Balaban J connectivity index is 2.90. The average molecular weight is 313 g/mol. The minimum Gasteiger partial charge on any atom is -0.398 e. The number of hydrogen-bond donors (Lipinski definition) is 3. The Labute approximate surface area is 126 Å². The first-order valence-electron chi connectivity index (χ1n) is 6.85. The lowest BCUT2D eigenvalue weighted by molar-refractivity contribution is 0.1000. The second-order valence-corrected chi connectivity index (χ2v) is 7.29. The van der Waals surface area contributed by atoms with Gasteiger partial charge in [-0.3, -0.25) is 4.79 Å². The van der Waals surface area contributed by atoms with Gasteiger partial charge in [0.15, 0.2) is 0 Å². The maximum absolute atomic E-state index is 12.3. The fourth-order valence-corrected chi connectivity index (χ4v) is 3.31. The Bertz CT molecular complexity index is 612. The van der Waals surface area contributed by atoms with Crippen LogP contribution < -0.4 is 16.2 Å². The maximum atomic E-state index is 12.3. The molecule has 0 aliphatic carbocycles. The highest BCUT2D eigenvalue weighted by molar-refractivity contribution is 7.89. The zero-order chi connectivity index (χ0) is 16.2. The molecule has 118 valence electrons. The fraction of sp³-hybridized carbons (Fsp3) is 0.500. The molecule has 0 aromatic heterocycles. The molecule has 7 heteroatoms. The summed E-state index contributed by atoms with van der Waals surface area (Å²) < 4.78 is 27.2. The lowest BCUT2D eigenvalue weighted by Gasteiger charge is -2.16. The summed E-state index contributed by atoms with van der Waals surface area (Å²) in [7, 11) is -3.71. The van der Waals surface area contributed by atoms with E-state index in [0.717, 1.165) is 12.8 Å². The highest BCUT2D eigenvalue weighted by Crippen LogP contribution is 2.20. The molecule has 0 saturated heterocycles. The van der Waals surface area contributed by atoms with E-state index in [-0.39, 0.29) is 22.2 Å². The molecule has 0 bridgehead atoms. The van der Waals surface area contributed by atoms with E-state index < -0.39 is 15.9 Å². The van der Waals surface area contributed by atoms with Crippen LogP contribution in [0.15, 0.2) is 23.1 Å². The van der Waals surface area contributed by atoms with Crippen molar-refractivity contribution >= 4 is 21.6 Å². The number of benzene rings is 1. The van der Waals surface area contributed by atoms with E-state index in [9.17, 15) is 13.2 Å². The number of hydrogen-bond acceptors (Lipinski definition) is 4. The first kappa shape index (κ1) is 17.5. The Morgan fingerprint density at radius 2 is 1.86 bits per heavy atom. The summed E-state index contributed by atoms with van der Waals surface area (Å²) in [5, 5.41) is 0. The molecule has 0 fully saturated rings. The summed E-state index contributed by atoms with van der Waals surface area (Å²) in [6.07, 6.45) is 1.68. The summed E-state index contributed by atoms with van der Waals surface area (Å²) in [6, 6.07) is 3.74. The number of carbonyl (C=O) groups is 1. The molecular weight excluding hydrogens is 290 g/mol. The summed E-state index contributed by atoms with van der Waals surface area (Å²) in [5.41, 5.74) is 11.0. The van der Waals surface area contributed by atoms with E-state index in [2.05, 4.69) is 18.6 Å². The standard InChI is InChI=1S/C14H23N3O3S/c1-9(2)4-5-10(3)17-21(19,20)13-7-6-11(14(16)18)8-12(13)15/h6-10,17H,4-5,15H2,1-3H3,(H2,16,18). The lowest BCUT2D eigenvalue weighted by Crippen LogP contribution is -2.33. The van der Waals surface area contributed by atoms with Gasteiger partial charge in [-0.05, 0) is 43.9 Å². The van der Waals surface area contributed by atoms with Gasteiger partial charge < -0.3 is 11.5 Å². The van der Waals surface area contributed by atoms with E-state index in [1.807, 2.05) is 6.92 Å². The minimum absolute atomic E-state index is 0.00913. The van der Waals surface area contributed by atoms with E-state index in [4.69, 9.17) is 11.5 Å². The second-order valence-electron chi connectivity index (χ2n) is 5.61. The van der Waals surface area contributed by atoms with Crippen LogP contribution in [0.3, 0.4) is 0 Å². The Morgan fingerprint density at radius 1 is 1.24 bits per heavy atom. The van der Waals surface area contributed by atoms with Crippen molar-refractivity contribution in [2.75, 3.05) is 5.73 Å². The monoisotopic (exact) mass is 313 g/mol. The third-order valence-corrected chi connectivity index (χ3v) is 4.78. The van der Waals surface area contributed by atoms with Gasteiger partial charge in [0.25, 0.3) is 0 Å². The predicted molar refractivity (Wildman–Crippen MR) is 83.2 cm³/mol. The third-order valence-electron chi connectivity index (χ3n) is 3.12. The number of sulfonamides is 1. The quantitative estimate of drug-likeness (QED) is 0.661. The molecule has 1 aromatic carbocycles. The SMILES string of the molecule is CC(C)CCC(C)NS(=O)(=O)c1ccc(C(N)=O)cc1N. The van der Waals surface area contributed by atoms with E-state index in [1.54, 1.807) is 0 Å². The van der Waals surface area contributed by atoms with Crippen molar-refractivity contribution in [3.8, 4) is 0 Å². The van der Waals surface area contributed by atoms with Crippen LogP contribution in [0.2, 0.25) is 0 Å². The van der Waals surface area contributed by atoms with Crippen molar-refractivity contribution in [2.24, 2.45) is 11.7 Å². The fourth-order valence-electron chi connectivity index (χ4n) is 1.92. The summed E-state index contributed by atoms with van der Waals surface area (Å²) in [5.74, 6) is -0.138. The molecule has 0 heterocycles. The number of nitrogens with one attached hydrogen (secondary N) is 1. The molecule has 6 nitrogen and oxygen atoms in total. The molecule has 0 saturated carbocycles. The van der Waals surface area contributed by atoms with Gasteiger partial charge in [0.05, 0.1) is 5.69 Å². The number of nitrogen functional groups attached to an aromatic ring is 1. The molecule has 1 atom stereocenters. The maximum Gasteiger partial charge on any atom is 0.248 e. The summed E-state index contributed by atoms with van der Waals surface area (Å²) in [4.78, 5) is 11.0. The van der Waals surface area contributed by atoms with Crippen LogP contribution in [-0.2, 0) is 10.0 Å². The van der Waals surface area contributed by atoms with Gasteiger partial charge in [-0.2, -0.15) is 0 Å². The largest absolute Gasteiger partial charge is 0.398 e. The van der Waals surface area contributed by atoms with Crippen LogP contribution in [0.1, 0.15) is 44.0 Å². The van der Waals surface area contributed by atoms with Gasteiger partial charge in [-0.1, -0.05) is 13.8 Å². The molecule has 21 heavy (non-hydrogen) atoms. The Morgan fingerprint density at radius 3 is 2.33 bits per heavy atom. The van der Waals surface area contributed by atoms with Crippen LogP contribution in [-0.4, -0.2) is 20.4 Å². The smallest absolute Gasteiger partial charge is 0.248 e. The average Bonchev–Trinajstić information content (AvgIpc) is 2.35. The van der Waals surface area contributed by atoms with E-state index in [1.165, 1.54) is 18.2 Å². The van der Waals surface area contributed by atoms with E-state index >= 15 is 0 Å². The first-order valence-corrected chi connectivity index (χ1v) is 8.33. The molecular formula is C14H23N3O3S. The Kier molecular flexibility index (Phi) is 5.74. The molecule has 1 rings (SSSR count). The van der Waals surface area contributed by atoms with Crippen molar-refractivity contribution in [1.82, 2.24) is 4.72 Å². The molecule has 0 radical (unpaired) electrons. The lowest BCUT2D eigenvalue weighted by atomic mass is 10.1. The molecule has 0 aliphatic heterocycles. The molecule has 1 unspecified atom stereocenters. The van der Waals surface area contributed by atoms with Gasteiger partial charge >= 0.3 is 0 Å². The molecule has 1 aromatic rings. The van der Waals surface area contributed by atoms with Gasteiger partial charge in [0.1, 0.15) is 4.90 Å².